The van der Waals surface area contributed by atoms with Crippen LogP contribution in [0.3, 0.4) is 0 Å². The van der Waals surface area contributed by atoms with Gasteiger partial charge in [-0.15, -0.1) is 0 Å². The van der Waals surface area contributed by atoms with E-state index in [1.807, 2.05) is 35.2 Å². The first-order valence-corrected chi connectivity index (χ1v) is 9.10. The highest BCUT2D eigenvalue weighted by atomic mass is 16.3. The number of hydrogen-bond donors (Lipinski definition) is 1. The first-order valence-electron chi connectivity index (χ1n) is 9.10. The Bertz CT molecular complexity index is 537. The van der Waals surface area contributed by atoms with Crippen molar-refractivity contribution >= 4 is 5.91 Å². The molecule has 1 aromatic carbocycles. The SMILES string of the molecule is CN1CCCN([C@H]2CCN(C(=O)c3ccccc3)CC[C@@H]2O)CC1. The van der Waals surface area contributed by atoms with E-state index >= 15 is 0 Å². The van der Waals surface area contributed by atoms with Crippen molar-refractivity contribution in [2.75, 3.05) is 46.3 Å². The number of amides is 1. The van der Waals surface area contributed by atoms with Gasteiger partial charge in [0.05, 0.1) is 6.10 Å². The molecule has 5 heteroatoms. The maximum absolute atomic E-state index is 12.7. The minimum absolute atomic E-state index is 0.0825. The summed E-state index contributed by atoms with van der Waals surface area (Å²) in [6, 6.07) is 9.63. The second-order valence-corrected chi connectivity index (χ2v) is 7.06. The smallest absolute Gasteiger partial charge is 0.253 e. The first-order chi connectivity index (χ1) is 11.6. The number of carbonyl (C=O) groups is 1. The lowest BCUT2D eigenvalue weighted by Crippen LogP contribution is -2.45. The van der Waals surface area contributed by atoms with Gasteiger partial charge in [-0.05, 0) is 51.5 Å². The van der Waals surface area contributed by atoms with E-state index in [1.54, 1.807) is 0 Å². The molecule has 132 valence electrons. The minimum atomic E-state index is -0.345. The molecule has 1 amide bonds. The van der Waals surface area contributed by atoms with Gasteiger partial charge in [0.1, 0.15) is 0 Å². The third-order valence-corrected chi connectivity index (χ3v) is 5.36. The van der Waals surface area contributed by atoms with Gasteiger partial charge in [0.15, 0.2) is 0 Å². The Balaban J connectivity index is 1.63. The standard InChI is InChI=1S/C19H29N3O2/c1-20-10-5-11-21(15-14-20)17-8-12-22(13-9-18(17)23)19(24)16-6-3-2-4-7-16/h2-4,6-7,17-18,23H,5,8-15H2,1H3/t17-,18-/m0/s1. The predicted molar refractivity (Wildman–Crippen MR) is 95.1 cm³/mol. The monoisotopic (exact) mass is 331 g/mol. The highest BCUT2D eigenvalue weighted by molar-refractivity contribution is 5.94. The average molecular weight is 331 g/mol. The van der Waals surface area contributed by atoms with E-state index in [9.17, 15) is 9.90 Å². The van der Waals surface area contributed by atoms with Crippen molar-refractivity contribution in [3.63, 3.8) is 0 Å². The average Bonchev–Trinajstić information content (AvgIpc) is 2.93. The molecule has 0 bridgehead atoms. The molecule has 0 radical (unpaired) electrons. The fraction of sp³-hybridized carbons (Fsp3) is 0.632. The molecule has 2 heterocycles. The summed E-state index contributed by atoms with van der Waals surface area (Å²) in [4.78, 5) is 19.4. The zero-order chi connectivity index (χ0) is 16.9. The van der Waals surface area contributed by atoms with Crippen LogP contribution in [0.25, 0.3) is 0 Å². The van der Waals surface area contributed by atoms with E-state index in [2.05, 4.69) is 16.8 Å². The number of carbonyl (C=O) groups excluding carboxylic acids is 1. The minimum Gasteiger partial charge on any atom is -0.391 e. The van der Waals surface area contributed by atoms with Gasteiger partial charge < -0.3 is 14.9 Å². The highest BCUT2D eigenvalue weighted by Gasteiger charge is 2.31. The lowest BCUT2D eigenvalue weighted by molar-refractivity contribution is 0.0491. The number of aliphatic hydroxyl groups is 1. The summed E-state index contributed by atoms with van der Waals surface area (Å²) < 4.78 is 0. The molecule has 2 atom stereocenters. The largest absolute Gasteiger partial charge is 0.391 e. The van der Waals surface area contributed by atoms with Gasteiger partial charge in [0.25, 0.3) is 5.91 Å². The number of likely N-dealkylation sites (tertiary alicyclic amines) is 1. The van der Waals surface area contributed by atoms with Crippen LogP contribution in [-0.2, 0) is 0 Å². The predicted octanol–water partition coefficient (Wildman–Crippen LogP) is 1.29. The van der Waals surface area contributed by atoms with Gasteiger partial charge in [-0.25, -0.2) is 0 Å². The second-order valence-electron chi connectivity index (χ2n) is 7.06. The van der Waals surface area contributed by atoms with Gasteiger partial charge in [-0.3, -0.25) is 9.69 Å². The molecule has 0 aliphatic carbocycles. The molecule has 2 fully saturated rings. The van der Waals surface area contributed by atoms with Crippen molar-refractivity contribution in [3.8, 4) is 0 Å². The number of rotatable bonds is 2. The molecule has 2 saturated heterocycles. The topological polar surface area (TPSA) is 47.0 Å². The van der Waals surface area contributed by atoms with Crippen LogP contribution in [-0.4, -0.2) is 84.2 Å². The maximum atomic E-state index is 12.7. The molecule has 0 unspecified atom stereocenters. The van der Waals surface area contributed by atoms with Crippen molar-refractivity contribution < 1.29 is 9.90 Å². The molecular formula is C19H29N3O2. The van der Waals surface area contributed by atoms with E-state index in [-0.39, 0.29) is 18.1 Å². The van der Waals surface area contributed by atoms with Crippen LogP contribution < -0.4 is 0 Å². The summed E-state index contributed by atoms with van der Waals surface area (Å²) in [6.45, 7) is 5.58. The molecule has 1 N–H and O–H groups in total. The highest BCUT2D eigenvalue weighted by Crippen LogP contribution is 2.20. The fourth-order valence-corrected chi connectivity index (χ4v) is 3.86. The zero-order valence-corrected chi connectivity index (χ0v) is 14.6. The van der Waals surface area contributed by atoms with Gasteiger partial charge in [0, 0.05) is 37.8 Å². The number of aliphatic hydroxyl groups excluding tert-OH is 1. The summed E-state index contributed by atoms with van der Waals surface area (Å²) in [5.74, 6) is 0.0825. The lowest BCUT2D eigenvalue weighted by Gasteiger charge is -2.32. The van der Waals surface area contributed by atoms with Crippen LogP contribution in [0.2, 0.25) is 0 Å². The van der Waals surface area contributed by atoms with E-state index in [1.165, 1.54) is 0 Å². The molecule has 0 aromatic heterocycles. The Hall–Kier alpha value is -1.43. The van der Waals surface area contributed by atoms with Gasteiger partial charge in [0.2, 0.25) is 0 Å². The first kappa shape index (κ1) is 17.4. The summed E-state index contributed by atoms with van der Waals surface area (Å²) >= 11 is 0. The molecule has 0 spiro atoms. The molecule has 3 rings (SSSR count). The number of benzene rings is 1. The van der Waals surface area contributed by atoms with Crippen molar-refractivity contribution in [2.45, 2.75) is 31.4 Å². The molecule has 1 aromatic rings. The molecule has 0 saturated carbocycles. The Kier molecular flexibility index (Phi) is 5.87. The molecule has 2 aliphatic rings. The normalized spacial score (nSPS) is 27.5. The van der Waals surface area contributed by atoms with Crippen LogP contribution in [0.15, 0.2) is 30.3 Å². The summed E-state index contributed by atoms with van der Waals surface area (Å²) in [5.41, 5.74) is 0.738. The third-order valence-electron chi connectivity index (χ3n) is 5.36. The van der Waals surface area contributed by atoms with Crippen molar-refractivity contribution in [3.05, 3.63) is 35.9 Å². The Morgan fingerprint density at radius 2 is 1.75 bits per heavy atom. The van der Waals surface area contributed by atoms with Crippen LogP contribution >= 0.6 is 0 Å². The van der Waals surface area contributed by atoms with E-state index < -0.39 is 0 Å². The van der Waals surface area contributed by atoms with Crippen LogP contribution in [0, 0.1) is 0 Å². The van der Waals surface area contributed by atoms with Crippen LogP contribution in [0.1, 0.15) is 29.6 Å². The van der Waals surface area contributed by atoms with E-state index in [0.717, 1.165) is 51.1 Å². The van der Waals surface area contributed by atoms with Crippen LogP contribution in [0.4, 0.5) is 0 Å². The molecule has 2 aliphatic heterocycles. The van der Waals surface area contributed by atoms with Crippen molar-refractivity contribution in [2.24, 2.45) is 0 Å². The molecule has 5 nitrogen and oxygen atoms in total. The van der Waals surface area contributed by atoms with Crippen molar-refractivity contribution in [1.82, 2.24) is 14.7 Å². The Morgan fingerprint density at radius 1 is 1.00 bits per heavy atom. The number of nitrogens with zero attached hydrogens (tertiary/aromatic N) is 3. The second kappa shape index (κ2) is 8.10. The molecule has 24 heavy (non-hydrogen) atoms. The summed E-state index contributed by atoms with van der Waals surface area (Å²) in [6.07, 6.45) is 2.31. The summed E-state index contributed by atoms with van der Waals surface area (Å²) in [7, 11) is 2.16. The fourth-order valence-electron chi connectivity index (χ4n) is 3.86. The summed E-state index contributed by atoms with van der Waals surface area (Å²) in [5, 5.41) is 10.6. The van der Waals surface area contributed by atoms with Crippen LogP contribution in [0.5, 0.6) is 0 Å². The quantitative estimate of drug-likeness (QED) is 0.887. The van der Waals surface area contributed by atoms with Gasteiger partial charge in [-0.2, -0.15) is 0 Å². The van der Waals surface area contributed by atoms with Gasteiger partial charge in [-0.1, -0.05) is 18.2 Å². The van der Waals surface area contributed by atoms with Crippen molar-refractivity contribution in [1.29, 1.82) is 0 Å². The van der Waals surface area contributed by atoms with Gasteiger partial charge >= 0.3 is 0 Å². The third kappa shape index (κ3) is 4.15. The van der Waals surface area contributed by atoms with E-state index in [4.69, 9.17) is 0 Å². The van der Waals surface area contributed by atoms with E-state index in [0.29, 0.717) is 13.0 Å². The number of likely N-dealkylation sites (N-methyl/N-ethyl adjacent to an activating group) is 1. The number of hydrogen-bond acceptors (Lipinski definition) is 4. The molecular weight excluding hydrogens is 302 g/mol. The lowest BCUT2D eigenvalue weighted by atomic mass is 10.0. The maximum Gasteiger partial charge on any atom is 0.253 e. The zero-order valence-electron chi connectivity index (χ0n) is 14.6. The Labute approximate surface area is 144 Å². The Morgan fingerprint density at radius 3 is 2.54 bits per heavy atom.